The summed E-state index contributed by atoms with van der Waals surface area (Å²) in [6, 6.07) is 8.65. The van der Waals surface area contributed by atoms with E-state index in [9.17, 15) is 0 Å². The minimum absolute atomic E-state index is 0.630. The molecule has 18 heavy (non-hydrogen) atoms. The molecule has 2 rings (SSSR count). The van der Waals surface area contributed by atoms with E-state index in [1.807, 2.05) is 0 Å². The minimum atomic E-state index is 0.630. The molecule has 0 bridgehead atoms. The highest BCUT2D eigenvalue weighted by molar-refractivity contribution is 7.14. The van der Waals surface area contributed by atoms with Crippen LogP contribution in [0.1, 0.15) is 30.3 Å². The van der Waals surface area contributed by atoms with Gasteiger partial charge in [-0.2, -0.15) is 0 Å². The number of nitrogens with zero attached hydrogens (tertiary/aromatic N) is 2. The molecular formula is C14H19N3S. The lowest BCUT2D eigenvalue weighted by Gasteiger charge is -2.00. The molecule has 1 aromatic carbocycles. The first-order valence-electron chi connectivity index (χ1n) is 6.45. The Morgan fingerprint density at radius 1 is 1.11 bits per heavy atom. The molecule has 0 fully saturated rings. The molecule has 0 aliphatic rings. The number of rotatable bonds is 6. The van der Waals surface area contributed by atoms with Crippen molar-refractivity contribution < 1.29 is 0 Å². The number of aryl methyl sites for hydroxylation is 1. The van der Waals surface area contributed by atoms with Gasteiger partial charge in [0.1, 0.15) is 10.0 Å². The van der Waals surface area contributed by atoms with Crippen LogP contribution in [-0.2, 0) is 12.8 Å². The highest BCUT2D eigenvalue weighted by Crippen LogP contribution is 2.24. The third kappa shape index (κ3) is 3.37. The van der Waals surface area contributed by atoms with Crippen LogP contribution in [0.2, 0.25) is 0 Å². The van der Waals surface area contributed by atoms with Crippen molar-refractivity contribution in [2.75, 3.05) is 6.54 Å². The Bertz CT molecular complexity index is 476. The average Bonchev–Trinajstić information content (AvgIpc) is 2.86. The van der Waals surface area contributed by atoms with Crippen molar-refractivity contribution >= 4 is 11.3 Å². The summed E-state index contributed by atoms with van der Waals surface area (Å²) < 4.78 is 0. The van der Waals surface area contributed by atoms with Crippen molar-refractivity contribution in [1.82, 2.24) is 10.2 Å². The number of aromatic nitrogens is 2. The second-order valence-electron chi connectivity index (χ2n) is 4.34. The first kappa shape index (κ1) is 13.2. The minimum Gasteiger partial charge on any atom is -0.330 e. The molecule has 0 spiro atoms. The summed E-state index contributed by atoms with van der Waals surface area (Å²) in [6.45, 7) is 2.85. The Morgan fingerprint density at radius 2 is 1.89 bits per heavy atom. The van der Waals surface area contributed by atoms with Crippen LogP contribution in [0.3, 0.4) is 0 Å². The Hall–Kier alpha value is -1.26. The van der Waals surface area contributed by atoms with Gasteiger partial charge in [-0.05, 0) is 24.9 Å². The lowest BCUT2D eigenvalue weighted by atomic mass is 10.1. The second-order valence-corrected chi connectivity index (χ2v) is 5.40. The van der Waals surface area contributed by atoms with Gasteiger partial charge in [0.25, 0.3) is 0 Å². The first-order chi connectivity index (χ1) is 8.83. The van der Waals surface area contributed by atoms with Gasteiger partial charge in [-0.25, -0.2) is 0 Å². The third-order valence-electron chi connectivity index (χ3n) is 2.84. The highest BCUT2D eigenvalue weighted by atomic mass is 32.1. The predicted octanol–water partition coefficient (Wildman–Crippen LogP) is 3.05. The molecule has 0 aliphatic heterocycles. The molecular weight excluding hydrogens is 242 g/mol. The van der Waals surface area contributed by atoms with Crippen LogP contribution in [0.25, 0.3) is 10.6 Å². The molecule has 0 aliphatic carbocycles. The van der Waals surface area contributed by atoms with Crippen molar-refractivity contribution in [3.63, 3.8) is 0 Å². The van der Waals surface area contributed by atoms with Crippen molar-refractivity contribution in [3.8, 4) is 10.6 Å². The molecule has 2 aromatic rings. The van der Waals surface area contributed by atoms with Gasteiger partial charge in [-0.3, -0.25) is 0 Å². The van der Waals surface area contributed by atoms with Gasteiger partial charge >= 0.3 is 0 Å². The smallest absolute Gasteiger partial charge is 0.147 e. The monoisotopic (exact) mass is 261 g/mol. The maximum absolute atomic E-state index is 5.51. The fourth-order valence-electron chi connectivity index (χ4n) is 1.79. The molecule has 0 saturated heterocycles. The standard InChI is InChI=1S/C14H19N3S/c1-2-3-4-11-5-7-12(8-6-11)14-17-16-13(18-14)9-10-15/h5-8H,2-4,9-10,15H2,1H3. The molecule has 96 valence electrons. The fourth-order valence-corrected chi connectivity index (χ4v) is 2.65. The van der Waals surface area contributed by atoms with Gasteiger partial charge < -0.3 is 5.73 Å². The number of nitrogens with two attached hydrogens (primary N) is 1. The molecule has 1 aromatic heterocycles. The van der Waals surface area contributed by atoms with E-state index < -0.39 is 0 Å². The Morgan fingerprint density at radius 3 is 2.56 bits per heavy atom. The average molecular weight is 261 g/mol. The normalized spacial score (nSPS) is 10.8. The van der Waals surface area contributed by atoms with Gasteiger partial charge in [0.05, 0.1) is 0 Å². The summed E-state index contributed by atoms with van der Waals surface area (Å²) in [6.07, 6.45) is 4.46. The Kier molecular flexibility index (Phi) is 4.84. The Labute approximate surface area is 112 Å². The summed E-state index contributed by atoms with van der Waals surface area (Å²) in [7, 11) is 0. The van der Waals surface area contributed by atoms with Crippen molar-refractivity contribution in [2.24, 2.45) is 5.73 Å². The summed E-state index contributed by atoms with van der Waals surface area (Å²) in [5.74, 6) is 0. The second kappa shape index (κ2) is 6.61. The largest absolute Gasteiger partial charge is 0.330 e. The van der Waals surface area contributed by atoms with Crippen LogP contribution < -0.4 is 5.73 Å². The predicted molar refractivity (Wildman–Crippen MR) is 76.7 cm³/mol. The topological polar surface area (TPSA) is 51.8 Å². The molecule has 0 amide bonds. The van der Waals surface area contributed by atoms with E-state index in [0.29, 0.717) is 6.54 Å². The molecule has 0 atom stereocenters. The van der Waals surface area contributed by atoms with E-state index >= 15 is 0 Å². The zero-order chi connectivity index (χ0) is 12.8. The van der Waals surface area contributed by atoms with E-state index in [0.717, 1.165) is 28.4 Å². The van der Waals surface area contributed by atoms with Gasteiger partial charge in [-0.15, -0.1) is 10.2 Å². The van der Waals surface area contributed by atoms with Crippen molar-refractivity contribution in [3.05, 3.63) is 34.8 Å². The molecule has 0 radical (unpaired) electrons. The number of unbranched alkanes of at least 4 members (excludes halogenated alkanes) is 1. The van der Waals surface area contributed by atoms with Crippen molar-refractivity contribution in [2.45, 2.75) is 32.6 Å². The lowest BCUT2D eigenvalue weighted by Crippen LogP contribution is -2.01. The summed E-state index contributed by atoms with van der Waals surface area (Å²) in [4.78, 5) is 0. The van der Waals surface area contributed by atoms with Crippen LogP contribution in [0.5, 0.6) is 0 Å². The third-order valence-corrected chi connectivity index (χ3v) is 3.88. The maximum atomic E-state index is 5.51. The SMILES string of the molecule is CCCCc1ccc(-c2nnc(CCN)s2)cc1. The molecule has 3 nitrogen and oxygen atoms in total. The van der Waals surface area contributed by atoms with E-state index in [2.05, 4.69) is 41.4 Å². The van der Waals surface area contributed by atoms with E-state index in [4.69, 9.17) is 5.73 Å². The zero-order valence-electron chi connectivity index (χ0n) is 10.7. The molecule has 0 unspecified atom stereocenters. The van der Waals surface area contributed by atoms with Crippen LogP contribution >= 0.6 is 11.3 Å². The Balaban J connectivity index is 2.07. The number of hydrogen-bond acceptors (Lipinski definition) is 4. The molecule has 4 heteroatoms. The van der Waals surface area contributed by atoms with Crippen molar-refractivity contribution in [1.29, 1.82) is 0 Å². The van der Waals surface area contributed by atoms with Crippen LogP contribution in [-0.4, -0.2) is 16.7 Å². The maximum Gasteiger partial charge on any atom is 0.147 e. The molecule has 0 saturated carbocycles. The molecule has 1 heterocycles. The van der Waals surface area contributed by atoms with E-state index in [-0.39, 0.29) is 0 Å². The first-order valence-corrected chi connectivity index (χ1v) is 7.27. The fraction of sp³-hybridized carbons (Fsp3) is 0.429. The zero-order valence-corrected chi connectivity index (χ0v) is 11.5. The van der Waals surface area contributed by atoms with E-state index in [1.165, 1.54) is 18.4 Å². The summed E-state index contributed by atoms with van der Waals surface area (Å²) in [5, 5.41) is 10.4. The van der Waals surface area contributed by atoms with Gasteiger partial charge in [0.15, 0.2) is 0 Å². The van der Waals surface area contributed by atoms with Gasteiger partial charge in [-0.1, -0.05) is 48.9 Å². The van der Waals surface area contributed by atoms with Crippen LogP contribution in [0.15, 0.2) is 24.3 Å². The van der Waals surface area contributed by atoms with Gasteiger partial charge in [0.2, 0.25) is 0 Å². The molecule has 2 N–H and O–H groups in total. The number of benzene rings is 1. The summed E-state index contributed by atoms with van der Waals surface area (Å²) in [5.41, 5.74) is 8.06. The van der Waals surface area contributed by atoms with Crippen LogP contribution in [0.4, 0.5) is 0 Å². The summed E-state index contributed by atoms with van der Waals surface area (Å²) >= 11 is 1.63. The van der Waals surface area contributed by atoms with E-state index in [1.54, 1.807) is 11.3 Å². The quantitative estimate of drug-likeness (QED) is 0.869. The van der Waals surface area contributed by atoms with Gasteiger partial charge in [0, 0.05) is 12.0 Å². The number of hydrogen-bond donors (Lipinski definition) is 1. The highest BCUT2D eigenvalue weighted by Gasteiger charge is 2.05. The van der Waals surface area contributed by atoms with Crippen LogP contribution in [0, 0.1) is 0 Å². The lowest BCUT2D eigenvalue weighted by molar-refractivity contribution is 0.795.